The zero-order chi connectivity index (χ0) is 12.4. The van der Waals surface area contributed by atoms with E-state index >= 15 is 0 Å². The van der Waals surface area contributed by atoms with E-state index < -0.39 is 0 Å². The Hall–Kier alpha value is -2.76. The number of nitrogens with one attached hydrogen (secondary N) is 2. The van der Waals surface area contributed by atoms with E-state index in [1.165, 1.54) is 0 Å². The molecular formula is C12H9N5O. The van der Waals surface area contributed by atoms with Crippen LogP contribution < -0.4 is 5.43 Å². The van der Waals surface area contributed by atoms with Crippen molar-refractivity contribution >= 4 is 16.6 Å². The van der Waals surface area contributed by atoms with Crippen LogP contribution in [-0.4, -0.2) is 15.2 Å². The fraction of sp³-hybridized carbons (Fsp3) is 0. The number of pyridine rings is 1. The van der Waals surface area contributed by atoms with Gasteiger partial charge in [-0.25, -0.2) is 5.43 Å². The Labute approximate surface area is 102 Å². The van der Waals surface area contributed by atoms with Crippen molar-refractivity contribution in [2.45, 2.75) is 0 Å². The third kappa shape index (κ3) is 1.69. The van der Waals surface area contributed by atoms with Gasteiger partial charge in [0.1, 0.15) is 5.69 Å². The number of aromatic amines is 1. The first-order valence-electron chi connectivity index (χ1n) is 5.35. The van der Waals surface area contributed by atoms with Crippen LogP contribution in [0, 0.1) is 4.91 Å². The lowest BCUT2D eigenvalue weighted by atomic mass is 10.1. The zero-order valence-corrected chi connectivity index (χ0v) is 9.29. The van der Waals surface area contributed by atoms with Gasteiger partial charge in [0, 0.05) is 23.3 Å². The quantitative estimate of drug-likeness (QED) is 0.543. The number of rotatable bonds is 3. The second-order valence-electron chi connectivity index (χ2n) is 3.77. The number of hydrogen-bond acceptors (Lipinski definition) is 4. The summed E-state index contributed by atoms with van der Waals surface area (Å²) in [6.45, 7) is 0. The van der Waals surface area contributed by atoms with Crippen molar-refractivity contribution < 1.29 is 0 Å². The lowest BCUT2D eigenvalue weighted by molar-refractivity contribution is 1.12. The number of hydrogen-bond donors (Lipinski definition) is 2. The Balaban J connectivity index is 2.18. The van der Waals surface area contributed by atoms with Gasteiger partial charge >= 0.3 is 0 Å². The third-order valence-electron chi connectivity index (χ3n) is 2.69. The van der Waals surface area contributed by atoms with Crippen molar-refractivity contribution in [3.05, 3.63) is 47.6 Å². The summed E-state index contributed by atoms with van der Waals surface area (Å²) in [4.78, 5) is 14.2. The zero-order valence-electron chi connectivity index (χ0n) is 9.29. The van der Waals surface area contributed by atoms with E-state index in [2.05, 4.69) is 25.9 Å². The third-order valence-corrected chi connectivity index (χ3v) is 2.69. The molecule has 2 aromatic heterocycles. The van der Waals surface area contributed by atoms with Gasteiger partial charge < -0.3 is 0 Å². The Bertz CT molecular complexity index is 692. The molecule has 3 rings (SSSR count). The van der Waals surface area contributed by atoms with Gasteiger partial charge in [-0.05, 0) is 30.3 Å². The first kappa shape index (κ1) is 10.4. The molecule has 0 aliphatic heterocycles. The monoisotopic (exact) mass is 239 g/mol. The molecular weight excluding hydrogens is 230 g/mol. The number of aromatic nitrogens is 3. The van der Waals surface area contributed by atoms with E-state index in [4.69, 9.17) is 0 Å². The molecule has 0 spiro atoms. The molecule has 0 aliphatic carbocycles. The predicted octanol–water partition coefficient (Wildman–Crippen LogP) is 2.72. The van der Waals surface area contributed by atoms with Crippen LogP contribution in [0.2, 0.25) is 0 Å². The number of anilines is 1. The lowest BCUT2D eigenvalue weighted by Gasteiger charge is -1.99. The van der Waals surface area contributed by atoms with Crippen LogP contribution in [0.4, 0.5) is 5.69 Å². The van der Waals surface area contributed by atoms with Gasteiger partial charge in [0.15, 0.2) is 0 Å². The maximum Gasteiger partial charge on any atom is 0.100 e. The highest BCUT2D eigenvalue weighted by molar-refractivity contribution is 5.94. The molecule has 18 heavy (non-hydrogen) atoms. The Morgan fingerprint density at radius 3 is 2.78 bits per heavy atom. The van der Waals surface area contributed by atoms with Gasteiger partial charge in [-0.2, -0.15) is 5.10 Å². The molecule has 3 aromatic rings. The SMILES string of the molecule is O=NNc1ccc2[nH]nc(-c3ccncc3)c2c1. The van der Waals surface area contributed by atoms with Crippen LogP contribution in [0.25, 0.3) is 22.2 Å². The molecule has 0 bridgehead atoms. The van der Waals surface area contributed by atoms with Crippen LogP contribution in [0.1, 0.15) is 0 Å². The second-order valence-corrected chi connectivity index (χ2v) is 3.77. The van der Waals surface area contributed by atoms with E-state index in [0.717, 1.165) is 22.2 Å². The topological polar surface area (TPSA) is 83.0 Å². The summed E-state index contributed by atoms with van der Waals surface area (Å²) in [5.41, 5.74) is 5.70. The van der Waals surface area contributed by atoms with Crippen LogP contribution in [0.3, 0.4) is 0 Å². The minimum Gasteiger partial charge on any atom is -0.277 e. The molecule has 0 saturated carbocycles. The first-order valence-corrected chi connectivity index (χ1v) is 5.35. The molecule has 6 heteroatoms. The molecule has 0 fully saturated rings. The summed E-state index contributed by atoms with van der Waals surface area (Å²) < 4.78 is 0. The molecule has 0 unspecified atom stereocenters. The van der Waals surface area contributed by atoms with Crippen molar-refractivity contribution in [1.82, 2.24) is 15.2 Å². The molecule has 1 aromatic carbocycles. The van der Waals surface area contributed by atoms with Crippen molar-refractivity contribution in [2.75, 3.05) is 5.43 Å². The minimum atomic E-state index is 0.634. The average Bonchev–Trinajstić information content (AvgIpc) is 2.83. The Morgan fingerprint density at radius 2 is 2.00 bits per heavy atom. The largest absolute Gasteiger partial charge is 0.277 e. The van der Waals surface area contributed by atoms with E-state index in [-0.39, 0.29) is 0 Å². The second kappa shape index (κ2) is 4.25. The van der Waals surface area contributed by atoms with Gasteiger partial charge in [-0.3, -0.25) is 10.1 Å². The van der Waals surface area contributed by atoms with Crippen LogP contribution >= 0.6 is 0 Å². The van der Waals surface area contributed by atoms with E-state index in [0.29, 0.717) is 5.69 Å². The maximum absolute atomic E-state index is 10.2. The van der Waals surface area contributed by atoms with Gasteiger partial charge in [0.25, 0.3) is 0 Å². The highest BCUT2D eigenvalue weighted by atomic mass is 16.3. The van der Waals surface area contributed by atoms with Gasteiger partial charge in [0.05, 0.1) is 16.5 Å². The van der Waals surface area contributed by atoms with Crippen LogP contribution in [-0.2, 0) is 0 Å². The van der Waals surface area contributed by atoms with Gasteiger partial charge in [-0.15, -0.1) is 4.91 Å². The first-order chi connectivity index (χ1) is 8.88. The molecule has 0 saturated heterocycles. The van der Waals surface area contributed by atoms with Crippen LogP contribution in [0.5, 0.6) is 0 Å². The molecule has 2 N–H and O–H groups in total. The van der Waals surface area contributed by atoms with Gasteiger partial charge in [-0.1, -0.05) is 0 Å². The molecule has 2 heterocycles. The summed E-state index contributed by atoms with van der Waals surface area (Å²) >= 11 is 0. The molecule has 0 atom stereocenters. The average molecular weight is 239 g/mol. The Kier molecular flexibility index (Phi) is 2.45. The molecule has 0 radical (unpaired) electrons. The van der Waals surface area contributed by atoms with Crippen molar-refractivity contribution in [3.8, 4) is 11.3 Å². The standard InChI is InChI=1S/C12H9N5O/c18-17-14-9-1-2-11-10(7-9)12(16-15-11)8-3-5-13-6-4-8/h1-7H,(H,14,18)(H,15,16). The highest BCUT2D eigenvalue weighted by Gasteiger charge is 2.08. The fourth-order valence-electron chi connectivity index (χ4n) is 1.87. The van der Waals surface area contributed by atoms with Gasteiger partial charge in [0.2, 0.25) is 0 Å². The lowest BCUT2D eigenvalue weighted by Crippen LogP contribution is -1.85. The summed E-state index contributed by atoms with van der Waals surface area (Å²) in [5.74, 6) is 0. The Morgan fingerprint density at radius 1 is 1.17 bits per heavy atom. The number of fused-ring (bicyclic) bond motifs is 1. The van der Waals surface area contributed by atoms with E-state index in [1.54, 1.807) is 18.5 Å². The number of H-pyrrole nitrogens is 1. The normalized spacial score (nSPS) is 10.4. The van der Waals surface area contributed by atoms with E-state index in [9.17, 15) is 4.91 Å². The molecule has 0 aliphatic rings. The summed E-state index contributed by atoms with van der Waals surface area (Å²) in [6, 6.07) is 9.20. The molecule has 6 nitrogen and oxygen atoms in total. The minimum absolute atomic E-state index is 0.634. The van der Waals surface area contributed by atoms with Crippen molar-refractivity contribution in [1.29, 1.82) is 0 Å². The summed E-state index contributed by atoms with van der Waals surface area (Å²) in [5, 5.41) is 10.8. The smallest absolute Gasteiger partial charge is 0.100 e. The number of benzene rings is 1. The fourth-order valence-corrected chi connectivity index (χ4v) is 1.87. The summed E-state index contributed by atoms with van der Waals surface area (Å²) in [6.07, 6.45) is 3.43. The highest BCUT2D eigenvalue weighted by Crippen LogP contribution is 2.27. The predicted molar refractivity (Wildman–Crippen MR) is 68.7 cm³/mol. The van der Waals surface area contributed by atoms with E-state index in [1.807, 2.05) is 24.3 Å². The summed E-state index contributed by atoms with van der Waals surface area (Å²) in [7, 11) is 0. The van der Waals surface area contributed by atoms with Crippen molar-refractivity contribution in [2.24, 2.45) is 5.29 Å². The number of nitrogens with zero attached hydrogens (tertiary/aromatic N) is 3. The van der Waals surface area contributed by atoms with Crippen LogP contribution in [0.15, 0.2) is 48.0 Å². The number of nitroso groups, excluding NO2 is 1. The molecule has 88 valence electrons. The maximum atomic E-state index is 10.2. The van der Waals surface area contributed by atoms with Crippen molar-refractivity contribution in [3.63, 3.8) is 0 Å². The molecule has 0 amide bonds.